The summed E-state index contributed by atoms with van der Waals surface area (Å²) in [4.78, 5) is 33.0. The van der Waals surface area contributed by atoms with Gasteiger partial charge >= 0.3 is 0 Å². The van der Waals surface area contributed by atoms with Gasteiger partial charge in [0.15, 0.2) is 5.82 Å². The molecule has 2 amide bonds. The molecule has 2 N–H and O–H groups in total. The summed E-state index contributed by atoms with van der Waals surface area (Å²) in [6.45, 7) is 1.75. The molecule has 0 saturated heterocycles. The third-order valence-electron chi connectivity index (χ3n) is 4.35. The van der Waals surface area contributed by atoms with E-state index in [0.29, 0.717) is 22.8 Å². The number of benzene rings is 1. The monoisotopic (exact) mass is 402 g/mol. The summed E-state index contributed by atoms with van der Waals surface area (Å²) in [5, 5.41) is 13.7. The number of anilines is 2. The predicted octanol–water partition coefficient (Wildman–Crippen LogP) is 2.31. The molecular formula is C20H18N8O2. The van der Waals surface area contributed by atoms with Gasteiger partial charge in [-0.25, -0.2) is 14.6 Å². The lowest BCUT2D eigenvalue weighted by molar-refractivity contribution is -0.119. The Morgan fingerprint density at radius 3 is 2.53 bits per heavy atom. The number of rotatable bonds is 6. The Morgan fingerprint density at radius 1 is 1.03 bits per heavy atom. The van der Waals surface area contributed by atoms with E-state index < -0.39 is 6.04 Å². The fraction of sp³-hybridized carbons (Fsp3) is 0.100. The van der Waals surface area contributed by atoms with Crippen molar-refractivity contribution in [3.8, 4) is 5.82 Å². The van der Waals surface area contributed by atoms with E-state index in [2.05, 4.69) is 30.8 Å². The Bertz CT molecular complexity index is 1140. The van der Waals surface area contributed by atoms with E-state index >= 15 is 0 Å². The first-order chi connectivity index (χ1) is 14.6. The van der Waals surface area contributed by atoms with Crippen molar-refractivity contribution in [2.24, 2.45) is 0 Å². The van der Waals surface area contributed by atoms with Crippen molar-refractivity contribution in [3.63, 3.8) is 0 Å². The van der Waals surface area contributed by atoms with Crippen LogP contribution in [0.15, 0.2) is 73.7 Å². The van der Waals surface area contributed by atoms with E-state index in [9.17, 15) is 9.59 Å². The van der Waals surface area contributed by atoms with Crippen LogP contribution in [0.1, 0.15) is 23.3 Å². The van der Waals surface area contributed by atoms with Crippen LogP contribution in [0.5, 0.6) is 0 Å². The second kappa shape index (κ2) is 8.35. The maximum absolute atomic E-state index is 12.5. The quantitative estimate of drug-likeness (QED) is 0.511. The second-order valence-electron chi connectivity index (χ2n) is 6.43. The molecule has 1 atom stereocenters. The third kappa shape index (κ3) is 4.22. The summed E-state index contributed by atoms with van der Waals surface area (Å²) in [5.74, 6) is 0.0242. The maximum atomic E-state index is 12.5. The lowest BCUT2D eigenvalue weighted by Crippen LogP contribution is -2.24. The van der Waals surface area contributed by atoms with Crippen molar-refractivity contribution in [2.75, 3.05) is 10.6 Å². The van der Waals surface area contributed by atoms with Crippen LogP contribution in [0.25, 0.3) is 5.82 Å². The number of carbonyl (C=O) groups excluding carboxylic acids is 2. The zero-order valence-corrected chi connectivity index (χ0v) is 16.0. The number of hydrogen-bond acceptors (Lipinski definition) is 6. The minimum Gasteiger partial charge on any atom is -0.324 e. The van der Waals surface area contributed by atoms with Gasteiger partial charge in [-0.3, -0.25) is 14.3 Å². The Morgan fingerprint density at radius 2 is 1.87 bits per heavy atom. The molecule has 0 fully saturated rings. The number of pyridine rings is 1. The van der Waals surface area contributed by atoms with Crippen molar-refractivity contribution in [2.45, 2.75) is 13.0 Å². The van der Waals surface area contributed by atoms with Gasteiger partial charge in [-0.15, -0.1) is 0 Å². The summed E-state index contributed by atoms with van der Waals surface area (Å²) in [6.07, 6.45) is 7.74. The van der Waals surface area contributed by atoms with E-state index in [0.717, 1.165) is 0 Å². The highest BCUT2D eigenvalue weighted by Crippen LogP contribution is 2.18. The SMILES string of the molecule is CC(C(=O)Nc1cccc(NC(=O)c2ccc(-n3cncn3)nc2)c1)n1cccn1. The topological polar surface area (TPSA) is 120 Å². The third-order valence-corrected chi connectivity index (χ3v) is 4.35. The Labute approximate surface area is 171 Å². The largest absolute Gasteiger partial charge is 0.324 e. The normalized spacial score (nSPS) is 11.6. The molecule has 0 aliphatic rings. The van der Waals surface area contributed by atoms with Gasteiger partial charge in [0.05, 0.1) is 5.56 Å². The van der Waals surface area contributed by atoms with Gasteiger partial charge < -0.3 is 10.6 Å². The van der Waals surface area contributed by atoms with Gasteiger partial charge in [0.2, 0.25) is 5.91 Å². The maximum Gasteiger partial charge on any atom is 0.257 e. The molecule has 3 heterocycles. The highest BCUT2D eigenvalue weighted by Gasteiger charge is 2.15. The van der Waals surface area contributed by atoms with E-state index in [-0.39, 0.29) is 11.8 Å². The summed E-state index contributed by atoms with van der Waals surface area (Å²) in [5.41, 5.74) is 1.50. The highest BCUT2D eigenvalue weighted by molar-refractivity contribution is 6.04. The zero-order valence-electron chi connectivity index (χ0n) is 16.0. The second-order valence-corrected chi connectivity index (χ2v) is 6.43. The molecule has 150 valence electrons. The van der Waals surface area contributed by atoms with Crippen LogP contribution in [0, 0.1) is 0 Å². The Kier molecular flexibility index (Phi) is 5.29. The molecule has 4 rings (SSSR count). The van der Waals surface area contributed by atoms with Crippen LogP contribution < -0.4 is 10.6 Å². The van der Waals surface area contributed by atoms with Gasteiger partial charge in [-0.05, 0) is 43.3 Å². The lowest BCUT2D eigenvalue weighted by atomic mass is 10.2. The van der Waals surface area contributed by atoms with Crippen LogP contribution in [0.4, 0.5) is 11.4 Å². The van der Waals surface area contributed by atoms with E-state index in [1.807, 2.05) is 0 Å². The van der Waals surface area contributed by atoms with Crippen LogP contribution in [-0.4, -0.2) is 41.3 Å². The van der Waals surface area contributed by atoms with Gasteiger partial charge in [0, 0.05) is 30.0 Å². The van der Waals surface area contributed by atoms with Crippen LogP contribution >= 0.6 is 0 Å². The van der Waals surface area contributed by atoms with Crippen LogP contribution in [0.3, 0.4) is 0 Å². The molecule has 1 unspecified atom stereocenters. The molecular weight excluding hydrogens is 384 g/mol. The molecule has 0 radical (unpaired) electrons. The lowest BCUT2D eigenvalue weighted by Gasteiger charge is -2.13. The molecule has 30 heavy (non-hydrogen) atoms. The first-order valence-corrected chi connectivity index (χ1v) is 9.12. The molecule has 0 saturated carbocycles. The predicted molar refractivity (Wildman–Crippen MR) is 109 cm³/mol. The Hall–Kier alpha value is -4.34. The number of aromatic nitrogens is 6. The number of hydrogen-bond donors (Lipinski definition) is 2. The molecule has 0 aliphatic carbocycles. The average Bonchev–Trinajstić information content (AvgIpc) is 3.48. The molecule has 3 aromatic heterocycles. The highest BCUT2D eigenvalue weighted by atomic mass is 16.2. The number of nitrogens with one attached hydrogen (secondary N) is 2. The summed E-state index contributed by atoms with van der Waals surface area (Å²) in [7, 11) is 0. The summed E-state index contributed by atoms with van der Waals surface area (Å²) < 4.78 is 3.06. The van der Waals surface area contributed by atoms with E-state index in [1.165, 1.54) is 23.5 Å². The summed E-state index contributed by atoms with van der Waals surface area (Å²) in [6, 6.07) is 11.5. The fourth-order valence-corrected chi connectivity index (χ4v) is 2.74. The molecule has 0 bridgehead atoms. The molecule has 0 spiro atoms. The molecule has 4 aromatic rings. The van der Waals surface area contributed by atoms with Crippen molar-refractivity contribution >= 4 is 23.2 Å². The van der Waals surface area contributed by atoms with Crippen molar-refractivity contribution in [3.05, 3.63) is 79.3 Å². The zero-order chi connectivity index (χ0) is 20.9. The van der Waals surface area contributed by atoms with Gasteiger partial charge in [-0.1, -0.05) is 6.07 Å². The Balaban J connectivity index is 1.41. The number of carbonyl (C=O) groups is 2. The smallest absolute Gasteiger partial charge is 0.257 e. The standard InChI is InChI=1S/C20H18N8O2/c1-14(27-9-3-8-23-27)19(29)25-16-4-2-5-17(10-16)26-20(30)15-6-7-18(22-11-15)28-13-21-12-24-28/h2-14H,1H3,(H,25,29)(H,26,30). The molecule has 10 heteroatoms. The number of nitrogens with zero attached hydrogens (tertiary/aromatic N) is 6. The minimum absolute atomic E-state index is 0.213. The number of amides is 2. The van der Waals surface area contributed by atoms with Gasteiger partial charge in [0.1, 0.15) is 18.7 Å². The van der Waals surface area contributed by atoms with E-state index in [1.54, 1.807) is 66.5 Å². The molecule has 10 nitrogen and oxygen atoms in total. The first-order valence-electron chi connectivity index (χ1n) is 9.12. The minimum atomic E-state index is -0.465. The van der Waals surface area contributed by atoms with Crippen molar-refractivity contribution in [1.82, 2.24) is 29.5 Å². The molecule has 1 aromatic carbocycles. The van der Waals surface area contributed by atoms with Crippen molar-refractivity contribution < 1.29 is 9.59 Å². The average molecular weight is 402 g/mol. The van der Waals surface area contributed by atoms with Crippen molar-refractivity contribution in [1.29, 1.82) is 0 Å². The summed E-state index contributed by atoms with van der Waals surface area (Å²) >= 11 is 0. The van der Waals surface area contributed by atoms with Gasteiger partial charge in [0.25, 0.3) is 5.91 Å². The van der Waals surface area contributed by atoms with E-state index in [4.69, 9.17) is 0 Å². The first kappa shape index (κ1) is 19.0. The fourth-order valence-electron chi connectivity index (χ4n) is 2.74. The van der Waals surface area contributed by atoms with Crippen LogP contribution in [0.2, 0.25) is 0 Å². The van der Waals surface area contributed by atoms with Crippen LogP contribution in [-0.2, 0) is 4.79 Å². The van der Waals surface area contributed by atoms with Gasteiger partial charge in [-0.2, -0.15) is 10.2 Å². The molecule has 0 aliphatic heterocycles.